The molecule has 6 heteroatoms. The van der Waals surface area contributed by atoms with Crippen molar-refractivity contribution in [2.75, 3.05) is 19.6 Å². The third-order valence-electron chi connectivity index (χ3n) is 4.85. The number of carbonyl (C=O) groups excluding carboxylic acids is 2. The van der Waals surface area contributed by atoms with Gasteiger partial charge in [-0.05, 0) is 56.8 Å². The van der Waals surface area contributed by atoms with Crippen LogP contribution in [0.2, 0.25) is 0 Å². The summed E-state index contributed by atoms with van der Waals surface area (Å²) in [6.45, 7) is 10.3. The van der Waals surface area contributed by atoms with Crippen molar-refractivity contribution in [1.29, 1.82) is 0 Å². The molecule has 1 fully saturated rings. The van der Waals surface area contributed by atoms with E-state index < -0.39 is 0 Å². The van der Waals surface area contributed by atoms with Gasteiger partial charge in [0.2, 0.25) is 5.91 Å². The minimum atomic E-state index is -0.251. The van der Waals surface area contributed by atoms with Gasteiger partial charge >= 0.3 is 6.03 Å². The minimum absolute atomic E-state index is 0.0518. The van der Waals surface area contributed by atoms with Gasteiger partial charge in [-0.3, -0.25) is 9.69 Å². The second-order valence-electron chi connectivity index (χ2n) is 7.86. The average molecular weight is 375 g/mol. The highest BCUT2D eigenvalue weighted by Crippen LogP contribution is 2.18. The quantitative estimate of drug-likeness (QED) is 0.655. The predicted molar refractivity (Wildman–Crippen MR) is 108 cm³/mol. The number of nitrogens with zero attached hydrogens (tertiary/aromatic N) is 1. The van der Waals surface area contributed by atoms with Gasteiger partial charge in [0.05, 0.1) is 0 Å². The SMILES string of the molecule is CC1CCN(Cc2ccc(CNC(=O)NCCC(=O)NC(C)C)cc2)CC1. The van der Waals surface area contributed by atoms with Gasteiger partial charge in [-0.2, -0.15) is 0 Å². The molecule has 1 heterocycles. The summed E-state index contributed by atoms with van der Waals surface area (Å²) in [6, 6.07) is 8.29. The van der Waals surface area contributed by atoms with Crippen molar-refractivity contribution in [3.63, 3.8) is 0 Å². The number of urea groups is 1. The van der Waals surface area contributed by atoms with Gasteiger partial charge in [0, 0.05) is 32.1 Å². The molecule has 150 valence electrons. The third kappa shape index (κ3) is 8.43. The van der Waals surface area contributed by atoms with E-state index in [2.05, 4.69) is 52.0 Å². The molecule has 1 aliphatic heterocycles. The number of piperidine rings is 1. The molecule has 2 rings (SSSR count). The molecule has 0 atom stereocenters. The molecule has 0 spiro atoms. The number of hydrogen-bond donors (Lipinski definition) is 3. The fourth-order valence-electron chi connectivity index (χ4n) is 3.17. The molecule has 6 nitrogen and oxygen atoms in total. The van der Waals surface area contributed by atoms with Gasteiger partial charge in [0.25, 0.3) is 0 Å². The highest BCUT2D eigenvalue weighted by molar-refractivity contribution is 5.78. The predicted octanol–water partition coefficient (Wildman–Crippen LogP) is 2.63. The molecule has 0 bridgehead atoms. The first-order valence-electron chi connectivity index (χ1n) is 10.0. The van der Waals surface area contributed by atoms with Crippen molar-refractivity contribution < 1.29 is 9.59 Å². The Bertz CT molecular complexity index is 593. The maximum Gasteiger partial charge on any atom is 0.315 e. The van der Waals surface area contributed by atoms with Crippen LogP contribution in [0.4, 0.5) is 4.79 Å². The second kappa shape index (κ2) is 10.9. The molecule has 0 aromatic heterocycles. The fourth-order valence-corrected chi connectivity index (χ4v) is 3.17. The first-order valence-corrected chi connectivity index (χ1v) is 10.0. The lowest BCUT2D eigenvalue weighted by Crippen LogP contribution is -2.38. The topological polar surface area (TPSA) is 73.5 Å². The standard InChI is InChI=1S/C21H34N4O2/c1-16(2)24-20(26)8-11-22-21(27)23-14-18-4-6-19(7-5-18)15-25-12-9-17(3)10-13-25/h4-7,16-17H,8-15H2,1-3H3,(H,24,26)(H2,22,23,27). The Morgan fingerprint density at radius 3 is 2.33 bits per heavy atom. The van der Waals surface area contributed by atoms with Gasteiger partial charge in [0.15, 0.2) is 0 Å². The second-order valence-corrected chi connectivity index (χ2v) is 7.86. The largest absolute Gasteiger partial charge is 0.354 e. The van der Waals surface area contributed by atoms with E-state index in [1.807, 2.05) is 13.8 Å². The van der Waals surface area contributed by atoms with E-state index in [1.54, 1.807) is 0 Å². The van der Waals surface area contributed by atoms with E-state index in [0.717, 1.165) is 18.0 Å². The summed E-state index contributed by atoms with van der Waals surface area (Å²) in [4.78, 5) is 25.8. The number of nitrogens with one attached hydrogen (secondary N) is 3. The van der Waals surface area contributed by atoms with E-state index in [0.29, 0.717) is 13.1 Å². The van der Waals surface area contributed by atoms with Crippen LogP contribution < -0.4 is 16.0 Å². The van der Waals surface area contributed by atoms with E-state index in [-0.39, 0.29) is 24.4 Å². The normalized spacial score (nSPS) is 15.6. The summed E-state index contributed by atoms with van der Waals surface area (Å²) in [5.41, 5.74) is 2.38. The summed E-state index contributed by atoms with van der Waals surface area (Å²) in [5.74, 6) is 0.800. The first kappa shape index (κ1) is 21.2. The summed E-state index contributed by atoms with van der Waals surface area (Å²) in [5, 5.41) is 8.33. The van der Waals surface area contributed by atoms with Crippen LogP contribution in [0.5, 0.6) is 0 Å². The lowest BCUT2D eigenvalue weighted by molar-refractivity contribution is -0.121. The first-order chi connectivity index (χ1) is 12.9. The molecule has 0 unspecified atom stereocenters. The Hall–Kier alpha value is -2.08. The monoisotopic (exact) mass is 374 g/mol. The molecule has 0 saturated carbocycles. The van der Waals surface area contributed by atoms with Gasteiger partial charge < -0.3 is 16.0 Å². The molecule has 1 aromatic carbocycles. The molecule has 0 aliphatic carbocycles. The van der Waals surface area contributed by atoms with Crippen LogP contribution in [-0.2, 0) is 17.9 Å². The minimum Gasteiger partial charge on any atom is -0.354 e. The average Bonchev–Trinajstić information content (AvgIpc) is 2.62. The van der Waals surface area contributed by atoms with Crippen molar-refractivity contribution in [2.24, 2.45) is 5.92 Å². The van der Waals surface area contributed by atoms with Crippen molar-refractivity contribution >= 4 is 11.9 Å². The smallest absolute Gasteiger partial charge is 0.315 e. The summed E-state index contributed by atoms with van der Waals surface area (Å²) >= 11 is 0. The van der Waals surface area contributed by atoms with Crippen molar-refractivity contribution in [2.45, 2.75) is 59.2 Å². The van der Waals surface area contributed by atoms with Crippen molar-refractivity contribution in [1.82, 2.24) is 20.9 Å². The lowest BCUT2D eigenvalue weighted by atomic mass is 9.99. The number of carbonyl (C=O) groups is 2. The Morgan fingerprint density at radius 2 is 1.70 bits per heavy atom. The summed E-state index contributed by atoms with van der Waals surface area (Å²) < 4.78 is 0. The Labute approximate surface area is 163 Å². The highest BCUT2D eigenvalue weighted by atomic mass is 16.2. The maximum absolute atomic E-state index is 11.8. The van der Waals surface area contributed by atoms with Gasteiger partial charge in [0.1, 0.15) is 0 Å². The maximum atomic E-state index is 11.8. The Morgan fingerprint density at radius 1 is 1.07 bits per heavy atom. The molecular formula is C21H34N4O2. The summed E-state index contributed by atoms with van der Waals surface area (Å²) in [7, 11) is 0. The van der Waals surface area contributed by atoms with Crippen molar-refractivity contribution in [3.05, 3.63) is 35.4 Å². The van der Waals surface area contributed by atoms with Crippen LogP contribution in [0, 0.1) is 5.92 Å². The van der Waals surface area contributed by atoms with Crippen LogP contribution in [0.1, 0.15) is 51.2 Å². The fraction of sp³-hybridized carbons (Fsp3) is 0.619. The molecule has 27 heavy (non-hydrogen) atoms. The zero-order chi connectivity index (χ0) is 19.6. The van der Waals surface area contributed by atoms with Gasteiger partial charge in [-0.15, -0.1) is 0 Å². The van der Waals surface area contributed by atoms with Crippen LogP contribution in [0.25, 0.3) is 0 Å². The van der Waals surface area contributed by atoms with Crippen molar-refractivity contribution in [3.8, 4) is 0 Å². The summed E-state index contributed by atoms with van der Waals surface area (Å²) in [6.07, 6.45) is 2.86. The zero-order valence-corrected chi connectivity index (χ0v) is 16.9. The molecule has 1 aliphatic rings. The van der Waals surface area contributed by atoms with Crippen LogP contribution in [0.3, 0.4) is 0 Å². The Balaban J connectivity index is 1.64. The third-order valence-corrected chi connectivity index (χ3v) is 4.85. The van der Waals surface area contributed by atoms with Gasteiger partial charge in [-0.1, -0.05) is 31.2 Å². The number of hydrogen-bond acceptors (Lipinski definition) is 3. The molecule has 3 N–H and O–H groups in total. The zero-order valence-electron chi connectivity index (χ0n) is 16.9. The number of benzene rings is 1. The van der Waals surface area contributed by atoms with Crippen LogP contribution >= 0.6 is 0 Å². The van der Waals surface area contributed by atoms with E-state index in [9.17, 15) is 9.59 Å². The number of rotatable bonds is 8. The van der Waals surface area contributed by atoms with E-state index >= 15 is 0 Å². The molecule has 3 amide bonds. The molecular weight excluding hydrogens is 340 g/mol. The molecule has 1 aromatic rings. The Kier molecular flexibility index (Phi) is 8.58. The van der Waals surface area contributed by atoms with E-state index in [1.165, 1.54) is 31.5 Å². The van der Waals surface area contributed by atoms with Gasteiger partial charge in [-0.25, -0.2) is 4.79 Å². The number of likely N-dealkylation sites (tertiary alicyclic amines) is 1. The highest BCUT2D eigenvalue weighted by Gasteiger charge is 2.15. The number of amides is 3. The van der Waals surface area contributed by atoms with Crippen LogP contribution in [-0.4, -0.2) is 42.5 Å². The molecule has 0 radical (unpaired) electrons. The lowest BCUT2D eigenvalue weighted by Gasteiger charge is -2.30. The van der Waals surface area contributed by atoms with Crippen LogP contribution in [0.15, 0.2) is 24.3 Å². The molecule has 1 saturated heterocycles. The van der Waals surface area contributed by atoms with E-state index in [4.69, 9.17) is 0 Å².